The lowest BCUT2D eigenvalue weighted by Gasteiger charge is -2.06. The van der Waals surface area contributed by atoms with Crippen molar-refractivity contribution in [3.63, 3.8) is 0 Å². The van der Waals surface area contributed by atoms with E-state index in [4.69, 9.17) is 17.3 Å². The van der Waals surface area contributed by atoms with Crippen molar-refractivity contribution in [2.75, 3.05) is 0 Å². The Morgan fingerprint density at radius 1 is 1.23 bits per heavy atom. The molecule has 1 heterocycles. The summed E-state index contributed by atoms with van der Waals surface area (Å²) in [5.74, 6) is -1.01. The lowest BCUT2D eigenvalue weighted by molar-refractivity contribution is 0.0925. The number of halogens is 1. The molecule has 22 heavy (non-hydrogen) atoms. The van der Waals surface area contributed by atoms with Crippen molar-refractivity contribution >= 4 is 23.4 Å². The van der Waals surface area contributed by atoms with Gasteiger partial charge in [-0.15, -0.1) is 0 Å². The van der Waals surface area contributed by atoms with Crippen LogP contribution in [0.15, 0.2) is 36.7 Å². The Morgan fingerprint density at radius 3 is 2.64 bits per heavy atom. The minimum atomic E-state index is -0.777. The van der Waals surface area contributed by atoms with Crippen molar-refractivity contribution in [1.82, 2.24) is 15.3 Å². The van der Waals surface area contributed by atoms with Gasteiger partial charge in [-0.3, -0.25) is 9.59 Å². The first-order valence-corrected chi connectivity index (χ1v) is 7.11. The van der Waals surface area contributed by atoms with Crippen molar-refractivity contribution in [1.29, 1.82) is 0 Å². The fraction of sp³-hybridized carbons (Fsp3) is 0.200. The molecule has 112 valence electrons. The molecule has 3 rings (SSSR count). The smallest absolute Gasteiger partial charge is 0.272 e. The summed E-state index contributed by atoms with van der Waals surface area (Å²) in [5, 5.41) is 3.51. The first-order valence-electron chi connectivity index (χ1n) is 6.73. The third kappa shape index (κ3) is 2.92. The van der Waals surface area contributed by atoms with E-state index in [1.807, 2.05) is 18.2 Å². The number of nitrogens with one attached hydrogen (secondary N) is 1. The largest absolute Gasteiger partial charge is 0.364 e. The number of amides is 2. The Balaban J connectivity index is 1.71. The summed E-state index contributed by atoms with van der Waals surface area (Å²) < 4.78 is 0. The summed E-state index contributed by atoms with van der Waals surface area (Å²) in [6.45, 7) is 0. The lowest BCUT2D eigenvalue weighted by Crippen LogP contribution is -2.30. The number of aromatic nitrogens is 2. The SMILES string of the molecule is NC(=O)c1nccnc1C(=O)N[C@H]1C[C@@H]1c1cccc(Cl)c1. The molecule has 0 unspecified atom stereocenters. The Labute approximate surface area is 131 Å². The van der Waals surface area contributed by atoms with E-state index in [0.29, 0.717) is 5.02 Å². The number of primary amides is 1. The van der Waals surface area contributed by atoms with E-state index >= 15 is 0 Å². The highest BCUT2D eigenvalue weighted by Gasteiger charge is 2.40. The maximum absolute atomic E-state index is 12.2. The van der Waals surface area contributed by atoms with E-state index in [1.165, 1.54) is 12.4 Å². The third-order valence-electron chi connectivity index (χ3n) is 3.53. The molecule has 0 spiro atoms. The molecular formula is C15H13ClN4O2. The molecule has 3 N–H and O–H groups in total. The van der Waals surface area contributed by atoms with Gasteiger partial charge in [0.25, 0.3) is 11.8 Å². The quantitative estimate of drug-likeness (QED) is 0.893. The van der Waals surface area contributed by atoms with Gasteiger partial charge in [0.15, 0.2) is 11.4 Å². The van der Waals surface area contributed by atoms with Crippen LogP contribution in [0.1, 0.15) is 38.9 Å². The summed E-state index contributed by atoms with van der Waals surface area (Å²) in [6, 6.07) is 7.53. The molecule has 0 radical (unpaired) electrons. The van der Waals surface area contributed by atoms with Gasteiger partial charge in [-0.1, -0.05) is 23.7 Å². The fourth-order valence-electron chi connectivity index (χ4n) is 2.38. The van der Waals surface area contributed by atoms with E-state index in [9.17, 15) is 9.59 Å². The van der Waals surface area contributed by atoms with E-state index < -0.39 is 11.8 Å². The molecule has 2 amide bonds. The molecule has 2 aromatic rings. The van der Waals surface area contributed by atoms with Crippen molar-refractivity contribution in [3.05, 3.63) is 58.6 Å². The zero-order valence-electron chi connectivity index (χ0n) is 11.5. The summed E-state index contributed by atoms with van der Waals surface area (Å²) in [4.78, 5) is 31.2. The van der Waals surface area contributed by atoms with E-state index in [-0.39, 0.29) is 23.3 Å². The Hall–Kier alpha value is -2.47. The van der Waals surface area contributed by atoms with E-state index in [1.54, 1.807) is 6.07 Å². The molecule has 1 aromatic heterocycles. The molecule has 2 atom stereocenters. The minimum Gasteiger partial charge on any atom is -0.364 e. The van der Waals surface area contributed by atoms with E-state index in [0.717, 1.165) is 12.0 Å². The van der Waals surface area contributed by atoms with Crippen molar-refractivity contribution in [2.24, 2.45) is 5.73 Å². The average molecular weight is 317 g/mol. The molecule has 0 aliphatic heterocycles. The predicted octanol–water partition coefficient (Wildman–Crippen LogP) is 1.51. The molecule has 1 saturated carbocycles. The molecule has 7 heteroatoms. The number of benzene rings is 1. The van der Waals surface area contributed by atoms with Gasteiger partial charge >= 0.3 is 0 Å². The standard InChI is InChI=1S/C15H13ClN4O2/c16-9-3-1-2-8(6-9)10-7-11(10)20-15(22)13-12(14(17)21)18-4-5-19-13/h1-6,10-11H,7H2,(H2,17,21)(H,20,22)/t10-,11+/m1/s1. The Bertz CT molecular complexity index is 750. The second-order valence-electron chi connectivity index (χ2n) is 5.09. The van der Waals surface area contributed by atoms with Crippen LogP contribution in [0.5, 0.6) is 0 Å². The van der Waals surface area contributed by atoms with Gasteiger partial charge in [0.05, 0.1) is 0 Å². The topological polar surface area (TPSA) is 98.0 Å². The molecule has 1 fully saturated rings. The summed E-state index contributed by atoms with van der Waals surface area (Å²) in [7, 11) is 0. The summed E-state index contributed by atoms with van der Waals surface area (Å²) in [6.07, 6.45) is 3.49. The van der Waals surface area contributed by atoms with Crippen LogP contribution in [-0.2, 0) is 0 Å². The molecule has 0 bridgehead atoms. The van der Waals surface area contributed by atoms with Crippen LogP contribution in [0.2, 0.25) is 5.02 Å². The molecular weight excluding hydrogens is 304 g/mol. The van der Waals surface area contributed by atoms with Crippen molar-refractivity contribution in [2.45, 2.75) is 18.4 Å². The van der Waals surface area contributed by atoms with Crippen LogP contribution in [-0.4, -0.2) is 27.8 Å². The van der Waals surface area contributed by atoms with Crippen molar-refractivity contribution < 1.29 is 9.59 Å². The van der Waals surface area contributed by atoms with Gasteiger partial charge in [-0.2, -0.15) is 0 Å². The monoisotopic (exact) mass is 316 g/mol. The zero-order chi connectivity index (χ0) is 15.7. The van der Waals surface area contributed by atoms with Gasteiger partial charge in [0.1, 0.15) is 0 Å². The van der Waals surface area contributed by atoms with E-state index in [2.05, 4.69) is 15.3 Å². The van der Waals surface area contributed by atoms with Gasteiger partial charge in [0, 0.05) is 29.4 Å². The molecule has 0 saturated heterocycles. The van der Waals surface area contributed by atoms with Gasteiger partial charge in [-0.05, 0) is 24.1 Å². The molecule has 6 nitrogen and oxygen atoms in total. The highest BCUT2D eigenvalue weighted by Crippen LogP contribution is 2.41. The van der Waals surface area contributed by atoms with Crippen LogP contribution in [0.25, 0.3) is 0 Å². The number of hydrogen-bond acceptors (Lipinski definition) is 4. The second-order valence-corrected chi connectivity index (χ2v) is 5.53. The summed E-state index contributed by atoms with van der Waals surface area (Å²) >= 11 is 5.96. The highest BCUT2D eigenvalue weighted by molar-refractivity contribution is 6.30. The van der Waals surface area contributed by atoms with Crippen LogP contribution in [0.3, 0.4) is 0 Å². The van der Waals surface area contributed by atoms with Crippen LogP contribution in [0, 0.1) is 0 Å². The number of nitrogens with two attached hydrogens (primary N) is 1. The maximum atomic E-state index is 12.2. The number of rotatable bonds is 4. The minimum absolute atomic E-state index is 0.00583. The molecule has 1 aliphatic carbocycles. The Kier molecular flexibility index (Phi) is 3.77. The normalized spacial score (nSPS) is 19.5. The van der Waals surface area contributed by atoms with Gasteiger partial charge < -0.3 is 11.1 Å². The average Bonchev–Trinajstić information content (AvgIpc) is 3.26. The number of nitrogens with zero attached hydrogens (tertiary/aromatic N) is 2. The number of carbonyl (C=O) groups is 2. The maximum Gasteiger partial charge on any atom is 0.272 e. The molecule has 1 aromatic carbocycles. The second kappa shape index (κ2) is 5.73. The number of hydrogen-bond donors (Lipinski definition) is 2. The number of carbonyl (C=O) groups excluding carboxylic acids is 2. The van der Waals surface area contributed by atoms with Crippen LogP contribution in [0.4, 0.5) is 0 Å². The van der Waals surface area contributed by atoms with Gasteiger partial charge in [0.2, 0.25) is 0 Å². The van der Waals surface area contributed by atoms with Gasteiger partial charge in [-0.25, -0.2) is 9.97 Å². The van der Waals surface area contributed by atoms with Crippen molar-refractivity contribution in [3.8, 4) is 0 Å². The lowest BCUT2D eigenvalue weighted by atomic mass is 10.1. The Morgan fingerprint density at radius 2 is 1.95 bits per heavy atom. The summed E-state index contributed by atoms with van der Waals surface area (Å²) in [5.41, 5.74) is 6.10. The molecule has 1 aliphatic rings. The predicted molar refractivity (Wildman–Crippen MR) is 80.6 cm³/mol. The highest BCUT2D eigenvalue weighted by atomic mass is 35.5. The zero-order valence-corrected chi connectivity index (χ0v) is 12.2. The van der Waals surface area contributed by atoms with Crippen LogP contribution < -0.4 is 11.1 Å². The first-order chi connectivity index (χ1) is 10.6. The third-order valence-corrected chi connectivity index (χ3v) is 3.77. The fourth-order valence-corrected chi connectivity index (χ4v) is 2.58. The first kappa shape index (κ1) is 14.5. The van der Waals surface area contributed by atoms with Crippen LogP contribution >= 0.6 is 11.6 Å².